The van der Waals surface area contributed by atoms with Gasteiger partial charge in [-0.2, -0.15) is 0 Å². The Hall–Kier alpha value is -1.47. The van der Waals surface area contributed by atoms with Crippen molar-refractivity contribution in [3.05, 3.63) is 11.9 Å². The van der Waals surface area contributed by atoms with E-state index in [2.05, 4.69) is 27.5 Å². The molecule has 7 nitrogen and oxygen atoms in total. The van der Waals surface area contributed by atoms with E-state index in [1.807, 2.05) is 17.9 Å². The summed E-state index contributed by atoms with van der Waals surface area (Å²) in [5.74, 6) is -0.0202. The van der Waals surface area contributed by atoms with Crippen LogP contribution in [0.4, 0.5) is 0 Å². The van der Waals surface area contributed by atoms with Crippen LogP contribution in [0.15, 0.2) is 6.20 Å². The van der Waals surface area contributed by atoms with Gasteiger partial charge in [0.05, 0.1) is 12.2 Å². The fourth-order valence-corrected chi connectivity index (χ4v) is 3.74. The van der Waals surface area contributed by atoms with Crippen LogP contribution in [0.3, 0.4) is 0 Å². The fraction of sp³-hybridized carbons (Fsp3) is 0.812. The zero-order valence-electron chi connectivity index (χ0n) is 14.2. The minimum absolute atomic E-state index is 0.0202. The number of rotatable bonds is 5. The molecule has 1 amide bonds. The van der Waals surface area contributed by atoms with Crippen molar-refractivity contribution >= 4 is 5.91 Å². The van der Waals surface area contributed by atoms with E-state index in [9.17, 15) is 4.79 Å². The Balaban J connectivity index is 1.59. The van der Waals surface area contributed by atoms with Gasteiger partial charge in [-0.3, -0.25) is 9.69 Å². The number of likely N-dealkylation sites (N-methyl/N-ethyl adjacent to an activating group) is 2. The number of piperidine rings is 1. The van der Waals surface area contributed by atoms with Crippen molar-refractivity contribution in [2.45, 2.75) is 44.7 Å². The van der Waals surface area contributed by atoms with E-state index in [0.29, 0.717) is 17.8 Å². The van der Waals surface area contributed by atoms with E-state index in [-0.39, 0.29) is 5.91 Å². The zero-order valence-corrected chi connectivity index (χ0v) is 14.2. The van der Waals surface area contributed by atoms with Crippen LogP contribution in [0.25, 0.3) is 0 Å². The second kappa shape index (κ2) is 7.40. The summed E-state index contributed by atoms with van der Waals surface area (Å²) in [5, 5.41) is 11.6. The predicted molar refractivity (Wildman–Crippen MR) is 88.4 cm³/mol. The molecule has 1 aromatic rings. The summed E-state index contributed by atoms with van der Waals surface area (Å²) in [4.78, 5) is 16.9. The summed E-state index contributed by atoms with van der Waals surface area (Å²) in [6, 6.07) is 0.842. The maximum absolute atomic E-state index is 12.6. The second-order valence-electron chi connectivity index (χ2n) is 6.68. The van der Waals surface area contributed by atoms with E-state index in [4.69, 9.17) is 0 Å². The minimum Gasteiger partial charge on any atom is -0.339 e. The quantitative estimate of drug-likeness (QED) is 0.867. The molecule has 128 valence electrons. The summed E-state index contributed by atoms with van der Waals surface area (Å²) in [7, 11) is 1.87. The molecule has 0 aliphatic carbocycles. The van der Waals surface area contributed by atoms with Gasteiger partial charge in [-0.25, -0.2) is 4.68 Å². The lowest BCUT2D eigenvalue weighted by atomic mass is 10.1. The zero-order chi connectivity index (χ0) is 16.2. The van der Waals surface area contributed by atoms with Crippen molar-refractivity contribution < 1.29 is 4.79 Å². The van der Waals surface area contributed by atoms with Gasteiger partial charge in [0.2, 0.25) is 0 Å². The Labute approximate surface area is 138 Å². The largest absolute Gasteiger partial charge is 0.339 e. The molecule has 2 saturated heterocycles. The van der Waals surface area contributed by atoms with Gasteiger partial charge in [0.1, 0.15) is 0 Å². The Bertz CT molecular complexity index is 524. The van der Waals surface area contributed by atoms with E-state index in [0.717, 1.165) is 45.6 Å². The first-order chi connectivity index (χ1) is 11.2. The molecular weight excluding hydrogens is 292 g/mol. The molecule has 1 aromatic heterocycles. The maximum Gasteiger partial charge on any atom is 0.275 e. The van der Waals surface area contributed by atoms with E-state index in [1.165, 1.54) is 12.8 Å². The molecule has 23 heavy (non-hydrogen) atoms. The van der Waals surface area contributed by atoms with Crippen molar-refractivity contribution in [2.24, 2.45) is 0 Å². The van der Waals surface area contributed by atoms with E-state index in [1.54, 1.807) is 4.90 Å². The highest BCUT2D eigenvalue weighted by Crippen LogP contribution is 2.19. The number of amides is 1. The SMILES string of the molecule is CCN1CCC[C@H]1CN(C)C(=O)c1cn(C2CCNCC2)nn1. The van der Waals surface area contributed by atoms with Gasteiger partial charge in [0.15, 0.2) is 5.69 Å². The highest BCUT2D eigenvalue weighted by atomic mass is 16.2. The molecular formula is C16H28N6O. The van der Waals surface area contributed by atoms with Gasteiger partial charge in [-0.1, -0.05) is 12.1 Å². The van der Waals surface area contributed by atoms with Crippen LogP contribution in [-0.4, -0.2) is 76.5 Å². The number of aromatic nitrogens is 3. The summed E-state index contributed by atoms with van der Waals surface area (Å²) >= 11 is 0. The summed E-state index contributed by atoms with van der Waals surface area (Å²) in [6.07, 6.45) is 6.31. The number of carbonyl (C=O) groups excluding carboxylic acids is 1. The summed E-state index contributed by atoms with van der Waals surface area (Å²) < 4.78 is 1.87. The number of nitrogens with one attached hydrogen (secondary N) is 1. The smallest absolute Gasteiger partial charge is 0.275 e. The number of hydrogen-bond acceptors (Lipinski definition) is 5. The molecule has 1 N–H and O–H groups in total. The summed E-state index contributed by atoms with van der Waals surface area (Å²) in [5.41, 5.74) is 0.465. The maximum atomic E-state index is 12.6. The molecule has 2 aliphatic heterocycles. The number of likely N-dealkylation sites (tertiary alicyclic amines) is 1. The Morgan fingerprint density at radius 2 is 2.17 bits per heavy atom. The lowest BCUT2D eigenvalue weighted by Gasteiger charge is -2.27. The van der Waals surface area contributed by atoms with Gasteiger partial charge in [-0.15, -0.1) is 5.10 Å². The van der Waals surface area contributed by atoms with E-state index < -0.39 is 0 Å². The van der Waals surface area contributed by atoms with Crippen LogP contribution < -0.4 is 5.32 Å². The van der Waals surface area contributed by atoms with Crippen molar-refractivity contribution in [3.8, 4) is 0 Å². The van der Waals surface area contributed by atoms with E-state index >= 15 is 0 Å². The minimum atomic E-state index is -0.0202. The monoisotopic (exact) mass is 320 g/mol. The number of carbonyl (C=O) groups is 1. The molecule has 0 spiro atoms. The van der Waals surface area contributed by atoms with Gasteiger partial charge < -0.3 is 10.2 Å². The highest BCUT2D eigenvalue weighted by Gasteiger charge is 2.27. The van der Waals surface area contributed by atoms with Crippen molar-refractivity contribution in [3.63, 3.8) is 0 Å². The molecule has 0 bridgehead atoms. The first-order valence-corrected chi connectivity index (χ1v) is 8.81. The first kappa shape index (κ1) is 16.4. The van der Waals surface area contributed by atoms with Gasteiger partial charge in [0.25, 0.3) is 5.91 Å². The van der Waals surface area contributed by atoms with Gasteiger partial charge in [0, 0.05) is 19.6 Å². The number of hydrogen-bond donors (Lipinski definition) is 1. The molecule has 0 radical (unpaired) electrons. The Kier molecular flexibility index (Phi) is 5.27. The van der Waals surface area contributed by atoms with Gasteiger partial charge in [-0.05, 0) is 51.9 Å². The van der Waals surface area contributed by atoms with Crippen LogP contribution in [0.1, 0.15) is 49.1 Å². The number of nitrogens with zero attached hydrogens (tertiary/aromatic N) is 5. The average molecular weight is 320 g/mol. The second-order valence-corrected chi connectivity index (χ2v) is 6.68. The predicted octanol–water partition coefficient (Wildman–Crippen LogP) is 0.759. The molecule has 3 heterocycles. The van der Waals surface area contributed by atoms with Crippen LogP contribution in [-0.2, 0) is 0 Å². The highest BCUT2D eigenvalue weighted by molar-refractivity contribution is 5.91. The van der Waals surface area contributed by atoms with Crippen molar-refractivity contribution in [1.29, 1.82) is 0 Å². The van der Waals surface area contributed by atoms with Gasteiger partial charge >= 0.3 is 0 Å². The van der Waals surface area contributed by atoms with Crippen LogP contribution >= 0.6 is 0 Å². The van der Waals surface area contributed by atoms with Crippen LogP contribution in [0.5, 0.6) is 0 Å². The fourth-order valence-electron chi connectivity index (χ4n) is 3.74. The third-order valence-corrected chi connectivity index (χ3v) is 5.15. The lowest BCUT2D eigenvalue weighted by molar-refractivity contribution is 0.0748. The van der Waals surface area contributed by atoms with Crippen LogP contribution in [0.2, 0.25) is 0 Å². The third-order valence-electron chi connectivity index (χ3n) is 5.15. The average Bonchev–Trinajstić information content (AvgIpc) is 3.24. The third kappa shape index (κ3) is 3.72. The summed E-state index contributed by atoms with van der Waals surface area (Å²) in [6.45, 7) is 7.16. The molecule has 7 heteroatoms. The van der Waals surface area contributed by atoms with Crippen molar-refractivity contribution in [1.82, 2.24) is 30.1 Å². The molecule has 2 aliphatic rings. The molecule has 1 atom stereocenters. The molecule has 0 aromatic carbocycles. The molecule has 3 rings (SSSR count). The first-order valence-electron chi connectivity index (χ1n) is 8.81. The standard InChI is InChI=1S/C16H28N6O/c1-3-21-10-4-5-14(21)11-20(2)16(23)15-12-22(19-18-15)13-6-8-17-9-7-13/h12-14,17H,3-11H2,1-2H3/t14-/m0/s1. The normalized spacial score (nSPS) is 23.3. The topological polar surface area (TPSA) is 66.3 Å². The molecule has 0 unspecified atom stereocenters. The lowest BCUT2D eigenvalue weighted by Crippen LogP contribution is -2.41. The Morgan fingerprint density at radius 1 is 1.39 bits per heavy atom. The molecule has 0 saturated carbocycles. The van der Waals surface area contributed by atoms with Crippen molar-refractivity contribution in [2.75, 3.05) is 39.8 Å². The van der Waals surface area contributed by atoms with Crippen LogP contribution in [0, 0.1) is 0 Å². The Morgan fingerprint density at radius 3 is 2.91 bits per heavy atom. The molecule has 2 fully saturated rings.